The predicted octanol–water partition coefficient (Wildman–Crippen LogP) is 0.717. The molecular weight excluding hydrogens is 200 g/mol. The van der Waals surface area contributed by atoms with E-state index in [0.717, 1.165) is 12.2 Å². The van der Waals surface area contributed by atoms with Gasteiger partial charge >= 0.3 is 0 Å². The van der Waals surface area contributed by atoms with Crippen molar-refractivity contribution in [3.8, 4) is 0 Å². The van der Waals surface area contributed by atoms with Gasteiger partial charge in [-0.05, 0) is 18.4 Å². The first-order chi connectivity index (χ1) is 6.79. The number of hydrogen-bond donors (Lipinski definition) is 1. The average Bonchev–Trinajstić information content (AvgIpc) is 2.20. The van der Waals surface area contributed by atoms with Gasteiger partial charge in [0.25, 0.3) is 0 Å². The molecule has 6 heteroatoms. The third kappa shape index (κ3) is 1.70. The van der Waals surface area contributed by atoms with Crippen LogP contribution in [0.3, 0.4) is 0 Å². The summed E-state index contributed by atoms with van der Waals surface area (Å²) < 4.78 is 1.52. The fourth-order valence-electron chi connectivity index (χ4n) is 1.28. The van der Waals surface area contributed by atoms with Crippen LogP contribution in [-0.2, 0) is 4.79 Å². The summed E-state index contributed by atoms with van der Waals surface area (Å²) in [6.45, 7) is 0.323. The molecule has 0 atom stereocenters. The predicted molar refractivity (Wildman–Crippen MR) is 57.1 cm³/mol. The molecule has 1 fully saturated rings. The minimum atomic E-state index is 0.0417. The molecule has 2 aliphatic rings. The molecule has 1 saturated heterocycles. The van der Waals surface area contributed by atoms with Crippen molar-refractivity contribution in [1.82, 2.24) is 4.31 Å². The highest BCUT2D eigenvalue weighted by molar-refractivity contribution is 7.98. The maximum atomic E-state index is 11.5. The summed E-state index contributed by atoms with van der Waals surface area (Å²) in [5.41, 5.74) is 0.315. The Morgan fingerprint density at radius 1 is 1.57 bits per heavy atom. The van der Waals surface area contributed by atoms with Crippen molar-refractivity contribution in [2.45, 2.75) is 12.8 Å². The average molecular weight is 210 g/mol. The largest absolute Gasteiger partial charge is 0.299 e. The molecule has 0 aliphatic carbocycles. The zero-order valence-electron chi connectivity index (χ0n) is 7.56. The number of carbonyl (C=O) groups excluding carboxylic acids is 1. The molecule has 0 unspecified atom stereocenters. The van der Waals surface area contributed by atoms with Gasteiger partial charge in [-0.15, -0.1) is 0 Å². The smallest absolute Gasteiger partial charge is 0.238 e. The highest BCUT2D eigenvalue weighted by Crippen LogP contribution is 2.22. The van der Waals surface area contributed by atoms with Crippen LogP contribution in [0.25, 0.3) is 0 Å². The van der Waals surface area contributed by atoms with E-state index in [4.69, 9.17) is 5.41 Å². The zero-order chi connectivity index (χ0) is 9.97. The molecule has 0 aromatic carbocycles. The highest BCUT2D eigenvalue weighted by atomic mass is 32.2. The monoisotopic (exact) mass is 210 g/mol. The van der Waals surface area contributed by atoms with Crippen LogP contribution in [0.1, 0.15) is 12.8 Å². The van der Waals surface area contributed by atoms with Crippen LogP contribution < -0.4 is 0 Å². The number of nitrogens with one attached hydrogen (secondary N) is 1. The Labute approximate surface area is 85.9 Å². The van der Waals surface area contributed by atoms with E-state index in [0.29, 0.717) is 24.5 Å². The van der Waals surface area contributed by atoms with Gasteiger partial charge in [-0.25, -0.2) is 9.30 Å². The second-order valence-electron chi connectivity index (χ2n) is 3.01. The molecule has 1 N–H and O–H groups in total. The highest BCUT2D eigenvalue weighted by Gasteiger charge is 2.26. The first-order valence-electron chi connectivity index (χ1n) is 4.39. The minimum absolute atomic E-state index is 0.0417. The molecule has 0 aromatic heterocycles. The summed E-state index contributed by atoms with van der Waals surface area (Å²) >= 11 is 1.43. The Morgan fingerprint density at radius 3 is 3.14 bits per heavy atom. The van der Waals surface area contributed by atoms with Crippen LogP contribution in [0.15, 0.2) is 9.98 Å². The van der Waals surface area contributed by atoms with Gasteiger partial charge in [-0.2, -0.15) is 0 Å². The van der Waals surface area contributed by atoms with Gasteiger partial charge in [0.1, 0.15) is 6.34 Å². The van der Waals surface area contributed by atoms with Crippen molar-refractivity contribution in [1.29, 1.82) is 5.41 Å². The van der Waals surface area contributed by atoms with E-state index in [1.165, 1.54) is 22.6 Å². The molecule has 1 amide bonds. The van der Waals surface area contributed by atoms with Crippen LogP contribution in [0, 0.1) is 5.41 Å². The van der Waals surface area contributed by atoms with Crippen LogP contribution in [0.2, 0.25) is 0 Å². The molecule has 5 nitrogen and oxygen atoms in total. The molecule has 0 aromatic rings. The second-order valence-corrected chi connectivity index (χ2v) is 4.04. The first kappa shape index (κ1) is 9.39. The van der Waals surface area contributed by atoms with Crippen molar-refractivity contribution in [2.24, 2.45) is 9.98 Å². The summed E-state index contributed by atoms with van der Waals surface area (Å²) in [7, 11) is 0. The molecule has 0 radical (unpaired) electrons. The summed E-state index contributed by atoms with van der Waals surface area (Å²) in [5, 5.41) is 7.62. The summed E-state index contributed by atoms with van der Waals surface area (Å²) in [6.07, 6.45) is 2.88. The van der Waals surface area contributed by atoms with E-state index < -0.39 is 0 Å². The molecule has 14 heavy (non-hydrogen) atoms. The number of aliphatic imine (C=N–C) groups is 2. The summed E-state index contributed by atoms with van der Waals surface area (Å²) in [6, 6.07) is 0. The minimum Gasteiger partial charge on any atom is -0.299 e. The Bertz CT molecular complexity index is 336. The van der Waals surface area contributed by atoms with E-state index in [9.17, 15) is 4.79 Å². The first-order valence-corrected chi connectivity index (χ1v) is 5.33. The van der Waals surface area contributed by atoms with Gasteiger partial charge in [0.2, 0.25) is 5.91 Å². The lowest BCUT2D eigenvalue weighted by Gasteiger charge is -2.26. The number of rotatable bonds is 0. The van der Waals surface area contributed by atoms with Crippen molar-refractivity contribution in [2.75, 3.05) is 12.3 Å². The molecule has 2 aliphatic heterocycles. The van der Waals surface area contributed by atoms with Crippen LogP contribution in [0.5, 0.6) is 0 Å². The quantitative estimate of drug-likeness (QED) is 0.598. The number of amides is 1. The van der Waals surface area contributed by atoms with Gasteiger partial charge in [-0.3, -0.25) is 15.2 Å². The van der Waals surface area contributed by atoms with Gasteiger partial charge in [0, 0.05) is 12.2 Å². The number of amidine groups is 1. The van der Waals surface area contributed by atoms with E-state index in [-0.39, 0.29) is 5.91 Å². The fourth-order valence-corrected chi connectivity index (χ4v) is 2.25. The molecule has 0 spiro atoms. The Morgan fingerprint density at radius 2 is 2.43 bits per heavy atom. The van der Waals surface area contributed by atoms with Gasteiger partial charge in [0.05, 0.1) is 12.3 Å². The van der Waals surface area contributed by atoms with Crippen molar-refractivity contribution >= 4 is 35.7 Å². The second kappa shape index (κ2) is 3.91. The number of carbonyl (C=O) groups is 1. The van der Waals surface area contributed by atoms with Crippen molar-refractivity contribution in [3.05, 3.63) is 0 Å². The molecule has 2 heterocycles. The van der Waals surface area contributed by atoms with Crippen molar-refractivity contribution in [3.63, 3.8) is 0 Å². The summed E-state index contributed by atoms with van der Waals surface area (Å²) in [5.74, 6) is 1.41. The zero-order valence-corrected chi connectivity index (χ0v) is 8.38. The maximum Gasteiger partial charge on any atom is 0.238 e. The molecule has 0 bridgehead atoms. The van der Waals surface area contributed by atoms with Gasteiger partial charge in [-0.1, -0.05) is 0 Å². The third-order valence-corrected chi connectivity index (χ3v) is 3.06. The fraction of sp³-hybridized carbons (Fsp3) is 0.500. The lowest BCUT2D eigenvalue weighted by atomic mass is 10.2. The number of hydrogen-bond acceptors (Lipinski definition) is 5. The Hall–Kier alpha value is -1.17. The van der Waals surface area contributed by atoms with E-state index in [1.54, 1.807) is 0 Å². The van der Waals surface area contributed by atoms with Crippen LogP contribution >= 0.6 is 11.9 Å². The standard InChI is InChI=1S/C8H10N4OS/c9-6-4-10-5-11-8(6)12-7(13)2-1-3-14-12/h5,9H,1-4H2. The van der Waals surface area contributed by atoms with E-state index in [2.05, 4.69) is 9.98 Å². The van der Waals surface area contributed by atoms with Crippen molar-refractivity contribution < 1.29 is 4.79 Å². The van der Waals surface area contributed by atoms with Gasteiger partial charge in [0.15, 0.2) is 5.84 Å². The number of nitrogens with zero attached hydrogens (tertiary/aromatic N) is 3. The lowest BCUT2D eigenvalue weighted by molar-refractivity contribution is -0.123. The molecule has 2 rings (SSSR count). The third-order valence-electron chi connectivity index (χ3n) is 1.96. The Balaban J connectivity index is 2.20. The van der Waals surface area contributed by atoms with E-state index >= 15 is 0 Å². The molecule has 74 valence electrons. The molecule has 0 saturated carbocycles. The van der Waals surface area contributed by atoms with Crippen LogP contribution in [0.4, 0.5) is 0 Å². The summed E-state index contributed by atoms with van der Waals surface area (Å²) in [4.78, 5) is 19.3. The van der Waals surface area contributed by atoms with Gasteiger partial charge < -0.3 is 0 Å². The maximum absolute atomic E-state index is 11.5. The SMILES string of the molecule is N=C1CN=CN=C1N1SCCCC1=O. The lowest BCUT2D eigenvalue weighted by Crippen LogP contribution is -2.40. The Kier molecular flexibility index (Phi) is 2.62. The van der Waals surface area contributed by atoms with Crippen LogP contribution in [-0.4, -0.2) is 40.4 Å². The topological polar surface area (TPSA) is 68.9 Å². The van der Waals surface area contributed by atoms with E-state index in [1.807, 2.05) is 0 Å². The molecular formula is C8H10N4OS. The normalized spacial score (nSPS) is 22.6.